The lowest BCUT2D eigenvalue weighted by atomic mass is 9.99. The van der Waals surface area contributed by atoms with Gasteiger partial charge in [0.25, 0.3) is 0 Å². The number of para-hydroxylation sites is 2. The molecule has 0 bridgehead atoms. The van der Waals surface area contributed by atoms with Gasteiger partial charge in [-0.25, -0.2) is 15.0 Å². The third-order valence-corrected chi connectivity index (χ3v) is 10.4. The molecule has 0 unspecified atom stereocenters. The monoisotopic (exact) mass is 720 g/mol. The quantitative estimate of drug-likeness (QED) is 0.172. The molecular weight excluding hydrogens is 685 g/mol. The fraction of sp³-hybridized carbons (Fsp3) is 0. The fourth-order valence-electron chi connectivity index (χ4n) is 7.63. The zero-order valence-corrected chi connectivity index (χ0v) is 29.9. The van der Waals surface area contributed by atoms with Gasteiger partial charge >= 0.3 is 0 Å². The first kappa shape index (κ1) is 27.9. The van der Waals surface area contributed by atoms with Crippen molar-refractivity contribution in [2.24, 2.45) is 0 Å². The Balaban J connectivity index is 1.03. The summed E-state index contributed by atoms with van der Waals surface area (Å²) in [6, 6.07) is 55.6. The SMILES string of the molecule is [2H]c1c([2H])c([2H])c2c(c1[2H])c1cc(-c3ccc(-c4ccccc4)cc3)ccc1n2-c1ccc(-c2nc(-c3ccccc3)nc(-c3ccc4c(c3)oc3ccccc34)n2)cc1. The first-order valence-electron chi connectivity index (χ1n) is 20.4. The molecule has 0 spiro atoms. The number of furan rings is 1. The van der Waals surface area contributed by atoms with E-state index in [0.29, 0.717) is 28.4 Å². The van der Waals surface area contributed by atoms with E-state index >= 15 is 0 Å². The summed E-state index contributed by atoms with van der Waals surface area (Å²) in [5.41, 5.74) is 10.1. The predicted octanol–water partition coefficient (Wildman–Crippen LogP) is 13.2. The molecule has 0 N–H and O–H groups in total. The summed E-state index contributed by atoms with van der Waals surface area (Å²) in [4.78, 5) is 14.9. The summed E-state index contributed by atoms with van der Waals surface area (Å²) in [6.07, 6.45) is 0. The van der Waals surface area contributed by atoms with Crippen LogP contribution < -0.4 is 0 Å². The van der Waals surface area contributed by atoms with E-state index in [4.69, 9.17) is 24.9 Å². The van der Waals surface area contributed by atoms with E-state index in [1.54, 1.807) is 0 Å². The second-order valence-corrected chi connectivity index (χ2v) is 13.8. The Morgan fingerprint density at radius 2 is 0.911 bits per heavy atom. The normalized spacial score (nSPS) is 12.6. The number of fused-ring (bicyclic) bond motifs is 6. The summed E-state index contributed by atoms with van der Waals surface area (Å²) in [7, 11) is 0. The predicted molar refractivity (Wildman–Crippen MR) is 229 cm³/mol. The Labute approximate surface area is 328 Å². The molecule has 3 aromatic heterocycles. The van der Waals surface area contributed by atoms with Crippen molar-refractivity contribution in [1.82, 2.24) is 19.5 Å². The fourth-order valence-corrected chi connectivity index (χ4v) is 7.63. The largest absolute Gasteiger partial charge is 0.456 e. The van der Waals surface area contributed by atoms with Crippen LogP contribution >= 0.6 is 0 Å². The van der Waals surface area contributed by atoms with Crippen molar-refractivity contribution in [3.63, 3.8) is 0 Å². The van der Waals surface area contributed by atoms with Crippen LogP contribution in [0.3, 0.4) is 0 Å². The first-order chi connectivity index (χ1) is 29.4. The molecule has 0 aliphatic carbocycles. The van der Waals surface area contributed by atoms with E-state index in [0.717, 1.165) is 77.5 Å². The molecule has 0 saturated carbocycles. The molecule has 3 heterocycles. The highest BCUT2D eigenvalue weighted by atomic mass is 16.3. The minimum absolute atomic E-state index is 0.0741. The van der Waals surface area contributed by atoms with E-state index in [1.165, 1.54) is 0 Å². The zero-order chi connectivity index (χ0) is 40.5. The molecule has 11 rings (SSSR count). The smallest absolute Gasteiger partial charge is 0.164 e. The van der Waals surface area contributed by atoms with Crippen LogP contribution in [0.1, 0.15) is 5.48 Å². The van der Waals surface area contributed by atoms with Crippen LogP contribution in [0.2, 0.25) is 0 Å². The van der Waals surface area contributed by atoms with Gasteiger partial charge in [-0.3, -0.25) is 0 Å². The van der Waals surface area contributed by atoms with Crippen molar-refractivity contribution in [1.29, 1.82) is 0 Å². The maximum Gasteiger partial charge on any atom is 0.164 e. The first-order valence-corrected chi connectivity index (χ1v) is 18.4. The lowest BCUT2D eigenvalue weighted by molar-refractivity contribution is 0.669. The minimum Gasteiger partial charge on any atom is -0.456 e. The van der Waals surface area contributed by atoms with Crippen LogP contribution in [0.4, 0.5) is 0 Å². The van der Waals surface area contributed by atoms with Gasteiger partial charge in [0.2, 0.25) is 0 Å². The molecule has 5 heteroatoms. The second-order valence-electron chi connectivity index (χ2n) is 13.8. The number of hydrogen-bond acceptors (Lipinski definition) is 4. The van der Waals surface area contributed by atoms with Crippen molar-refractivity contribution in [3.8, 4) is 62.1 Å². The Morgan fingerprint density at radius 3 is 1.66 bits per heavy atom. The lowest BCUT2D eigenvalue weighted by Gasteiger charge is -2.11. The van der Waals surface area contributed by atoms with Gasteiger partial charge in [-0.2, -0.15) is 0 Å². The van der Waals surface area contributed by atoms with Crippen LogP contribution in [0.25, 0.3) is 106 Å². The Kier molecular flexibility index (Phi) is 6.50. The number of nitrogens with zero attached hydrogens (tertiary/aromatic N) is 4. The molecule has 262 valence electrons. The lowest BCUT2D eigenvalue weighted by Crippen LogP contribution is -2.00. The third kappa shape index (κ3) is 5.45. The van der Waals surface area contributed by atoms with Crippen molar-refractivity contribution in [3.05, 3.63) is 194 Å². The van der Waals surface area contributed by atoms with Crippen molar-refractivity contribution < 1.29 is 9.90 Å². The summed E-state index contributed by atoms with van der Waals surface area (Å²) >= 11 is 0. The third-order valence-electron chi connectivity index (χ3n) is 10.4. The molecule has 0 radical (unpaired) electrons. The maximum atomic E-state index is 9.10. The highest BCUT2D eigenvalue weighted by Crippen LogP contribution is 2.37. The van der Waals surface area contributed by atoms with Crippen LogP contribution in [0, 0.1) is 0 Å². The van der Waals surface area contributed by atoms with E-state index < -0.39 is 0 Å². The Morgan fingerprint density at radius 1 is 0.375 bits per heavy atom. The number of benzene rings is 8. The Hall–Kier alpha value is -7.63. The summed E-state index contributed by atoms with van der Waals surface area (Å²) < 4.78 is 43.5. The molecule has 0 saturated heterocycles. The molecule has 0 fully saturated rings. The van der Waals surface area contributed by atoms with Crippen molar-refractivity contribution in [2.75, 3.05) is 0 Å². The van der Waals surface area contributed by atoms with Gasteiger partial charge < -0.3 is 8.98 Å². The van der Waals surface area contributed by atoms with E-state index in [1.807, 2.05) is 132 Å². The zero-order valence-electron chi connectivity index (χ0n) is 33.9. The summed E-state index contributed by atoms with van der Waals surface area (Å²) in [6.45, 7) is 0. The van der Waals surface area contributed by atoms with Gasteiger partial charge in [-0.05, 0) is 82.9 Å². The van der Waals surface area contributed by atoms with Gasteiger partial charge in [0, 0.05) is 43.9 Å². The van der Waals surface area contributed by atoms with Crippen LogP contribution in [-0.4, -0.2) is 19.5 Å². The van der Waals surface area contributed by atoms with Crippen molar-refractivity contribution >= 4 is 43.7 Å². The van der Waals surface area contributed by atoms with Gasteiger partial charge in [-0.1, -0.05) is 133 Å². The average Bonchev–Trinajstić information content (AvgIpc) is 3.86. The molecule has 56 heavy (non-hydrogen) atoms. The van der Waals surface area contributed by atoms with Crippen LogP contribution in [0.15, 0.2) is 198 Å². The number of hydrogen-bond donors (Lipinski definition) is 0. The molecule has 5 nitrogen and oxygen atoms in total. The molecule has 11 aromatic rings. The topological polar surface area (TPSA) is 56.7 Å². The molecule has 8 aromatic carbocycles. The highest BCUT2D eigenvalue weighted by molar-refractivity contribution is 6.10. The molecular formula is C51H32N4O. The van der Waals surface area contributed by atoms with E-state index in [-0.39, 0.29) is 24.2 Å². The van der Waals surface area contributed by atoms with Crippen LogP contribution in [-0.2, 0) is 0 Å². The molecule has 0 aliphatic rings. The number of rotatable bonds is 6. The summed E-state index contributed by atoms with van der Waals surface area (Å²) in [5.74, 6) is 1.53. The molecule has 0 atom stereocenters. The van der Waals surface area contributed by atoms with Gasteiger partial charge in [0.15, 0.2) is 17.5 Å². The number of aromatic nitrogens is 4. The van der Waals surface area contributed by atoms with Crippen molar-refractivity contribution in [2.45, 2.75) is 0 Å². The highest BCUT2D eigenvalue weighted by Gasteiger charge is 2.17. The minimum atomic E-state index is -0.281. The Bertz CT molecular complexity index is 3460. The van der Waals surface area contributed by atoms with Gasteiger partial charge in [0.05, 0.1) is 16.5 Å². The van der Waals surface area contributed by atoms with Gasteiger partial charge in [0.1, 0.15) is 11.2 Å². The maximum absolute atomic E-state index is 9.10. The molecule has 0 amide bonds. The summed E-state index contributed by atoms with van der Waals surface area (Å²) in [5, 5.41) is 3.28. The van der Waals surface area contributed by atoms with E-state index in [9.17, 15) is 0 Å². The van der Waals surface area contributed by atoms with Crippen LogP contribution in [0.5, 0.6) is 0 Å². The van der Waals surface area contributed by atoms with Gasteiger partial charge in [-0.15, -0.1) is 0 Å². The molecule has 0 aliphatic heterocycles. The standard InChI is InChI=1S/C51H32N4O/c1-3-11-33(12-4-1)34-19-21-35(22-20-34)38-26-30-46-44(31-38)41-15-7-9-17-45(41)55(46)40-27-23-37(24-28-40)50-52-49(36-13-5-2-6-14-36)53-51(54-50)39-25-29-43-42-16-8-10-18-47(42)56-48(43)32-39/h1-32H/i7D,9D,15D,17D. The second kappa shape index (κ2) is 13.0. The van der Waals surface area contributed by atoms with E-state index in [2.05, 4.69) is 42.5 Å². The average molecular weight is 721 g/mol.